The maximum Gasteiger partial charge on any atom is 0.357 e. The van der Waals surface area contributed by atoms with Crippen molar-refractivity contribution in [3.05, 3.63) is 44.8 Å². The summed E-state index contributed by atoms with van der Waals surface area (Å²) in [6.45, 7) is 1.85. The normalized spacial score (nSPS) is 10.3. The SMILES string of the molecule is CCOC(=O)c1cc(Br)nn1-c1ncccc1[N+](=O)[O-]. The van der Waals surface area contributed by atoms with Gasteiger partial charge in [0.05, 0.1) is 11.5 Å². The molecule has 0 saturated carbocycles. The lowest BCUT2D eigenvalue weighted by Gasteiger charge is -2.05. The molecule has 0 spiro atoms. The van der Waals surface area contributed by atoms with Crippen LogP contribution in [-0.4, -0.2) is 32.3 Å². The van der Waals surface area contributed by atoms with Gasteiger partial charge in [0.25, 0.3) is 0 Å². The summed E-state index contributed by atoms with van der Waals surface area (Å²) in [5.74, 6) is -0.683. The number of ether oxygens (including phenoxy) is 1. The van der Waals surface area contributed by atoms with E-state index < -0.39 is 10.9 Å². The van der Waals surface area contributed by atoms with Crippen molar-refractivity contribution in [3.8, 4) is 5.82 Å². The Bertz CT molecular complexity index is 670. The van der Waals surface area contributed by atoms with E-state index in [-0.39, 0.29) is 23.8 Å². The number of hydrogen-bond acceptors (Lipinski definition) is 6. The van der Waals surface area contributed by atoms with E-state index in [9.17, 15) is 14.9 Å². The Kier molecular flexibility index (Phi) is 4.08. The third kappa shape index (κ3) is 2.67. The van der Waals surface area contributed by atoms with Crippen molar-refractivity contribution in [3.63, 3.8) is 0 Å². The fourth-order valence-electron chi connectivity index (χ4n) is 1.56. The zero-order valence-corrected chi connectivity index (χ0v) is 11.9. The van der Waals surface area contributed by atoms with Gasteiger partial charge in [-0.05, 0) is 28.9 Å². The van der Waals surface area contributed by atoms with E-state index >= 15 is 0 Å². The first kappa shape index (κ1) is 14.1. The molecule has 0 fully saturated rings. The van der Waals surface area contributed by atoms with Crippen LogP contribution in [0.1, 0.15) is 17.4 Å². The molecule has 2 heterocycles. The van der Waals surface area contributed by atoms with E-state index in [1.807, 2.05) is 0 Å². The van der Waals surface area contributed by atoms with Gasteiger partial charge in [0.1, 0.15) is 4.60 Å². The van der Waals surface area contributed by atoms with Crippen LogP contribution in [0.3, 0.4) is 0 Å². The van der Waals surface area contributed by atoms with Gasteiger partial charge in [-0.1, -0.05) is 0 Å². The Morgan fingerprint density at radius 3 is 3.00 bits per heavy atom. The van der Waals surface area contributed by atoms with Crippen LogP contribution in [0.2, 0.25) is 0 Å². The number of rotatable bonds is 4. The molecule has 104 valence electrons. The van der Waals surface area contributed by atoms with Crippen molar-refractivity contribution in [2.75, 3.05) is 6.61 Å². The van der Waals surface area contributed by atoms with E-state index in [1.54, 1.807) is 6.92 Å². The molecule has 20 heavy (non-hydrogen) atoms. The van der Waals surface area contributed by atoms with Crippen LogP contribution in [0, 0.1) is 10.1 Å². The van der Waals surface area contributed by atoms with Crippen LogP contribution in [0.5, 0.6) is 0 Å². The number of esters is 1. The summed E-state index contributed by atoms with van der Waals surface area (Å²) in [6, 6.07) is 4.13. The third-order valence-corrected chi connectivity index (χ3v) is 2.72. The summed E-state index contributed by atoms with van der Waals surface area (Å²) >= 11 is 3.12. The highest BCUT2D eigenvalue weighted by Gasteiger charge is 2.23. The van der Waals surface area contributed by atoms with Crippen molar-refractivity contribution in [1.82, 2.24) is 14.8 Å². The molecule has 0 unspecified atom stereocenters. The quantitative estimate of drug-likeness (QED) is 0.480. The van der Waals surface area contributed by atoms with Crippen LogP contribution in [0.4, 0.5) is 5.69 Å². The molecule has 0 amide bonds. The first-order valence-electron chi connectivity index (χ1n) is 5.57. The van der Waals surface area contributed by atoms with Crippen LogP contribution >= 0.6 is 15.9 Å². The third-order valence-electron chi connectivity index (χ3n) is 2.33. The standard InChI is InChI=1S/C11H9BrN4O4/c1-2-20-11(17)8-6-9(12)14-15(8)10-7(16(18)19)4-3-5-13-10/h3-6H,2H2,1H3. The molecule has 0 atom stereocenters. The fraction of sp³-hybridized carbons (Fsp3) is 0.182. The molecule has 2 aromatic heterocycles. The number of nitro groups is 1. The van der Waals surface area contributed by atoms with Crippen molar-refractivity contribution >= 4 is 27.6 Å². The van der Waals surface area contributed by atoms with Gasteiger partial charge in [-0.15, -0.1) is 0 Å². The van der Waals surface area contributed by atoms with Gasteiger partial charge in [-0.3, -0.25) is 10.1 Å². The highest BCUT2D eigenvalue weighted by atomic mass is 79.9. The minimum Gasteiger partial charge on any atom is -0.461 e. The Balaban J connectivity index is 2.59. The molecule has 0 aliphatic rings. The zero-order chi connectivity index (χ0) is 14.7. The lowest BCUT2D eigenvalue weighted by Crippen LogP contribution is -2.14. The van der Waals surface area contributed by atoms with Crippen LogP contribution in [0.25, 0.3) is 5.82 Å². The number of nitrogens with zero attached hydrogens (tertiary/aromatic N) is 4. The molecule has 0 aliphatic heterocycles. The summed E-state index contributed by atoms with van der Waals surface area (Å²) in [5.41, 5.74) is -0.200. The second-order valence-electron chi connectivity index (χ2n) is 3.59. The first-order chi connectivity index (χ1) is 9.54. The van der Waals surface area contributed by atoms with Gasteiger partial charge in [0.2, 0.25) is 5.82 Å². The predicted molar refractivity (Wildman–Crippen MR) is 71.7 cm³/mol. The Hall–Kier alpha value is -2.29. The average molecular weight is 341 g/mol. The molecule has 8 nitrogen and oxygen atoms in total. The number of carbonyl (C=O) groups excluding carboxylic acids is 1. The molecular weight excluding hydrogens is 332 g/mol. The van der Waals surface area contributed by atoms with Crippen molar-refractivity contribution in [2.45, 2.75) is 6.92 Å². The molecule has 2 rings (SSSR count). The van der Waals surface area contributed by atoms with Crippen molar-refractivity contribution in [1.29, 1.82) is 0 Å². The smallest absolute Gasteiger partial charge is 0.357 e. The topological polar surface area (TPSA) is 100 Å². The van der Waals surface area contributed by atoms with Gasteiger partial charge in [0, 0.05) is 18.3 Å². The molecular formula is C11H9BrN4O4. The highest BCUT2D eigenvalue weighted by molar-refractivity contribution is 9.10. The monoisotopic (exact) mass is 340 g/mol. The van der Waals surface area contributed by atoms with Gasteiger partial charge < -0.3 is 4.74 Å². The first-order valence-corrected chi connectivity index (χ1v) is 6.36. The number of halogens is 1. The second-order valence-corrected chi connectivity index (χ2v) is 4.40. The van der Waals surface area contributed by atoms with Crippen LogP contribution in [-0.2, 0) is 4.74 Å². The maximum absolute atomic E-state index is 11.8. The Labute approximate surface area is 121 Å². The van der Waals surface area contributed by atoms with Crippen LogP contribution < -0.4 is 0 Å². The van der Waals surface area contributed by atoms with E-state index in [1.165, 1.54) is 24.4 Å². The zero-order valence-electron chi connectivity index (χ0n) is 10.3. The minimum atomic E-state index is -0.634. The van der Waals surface area contributed by atoms with Crippen LogP contribution in [0.15, 0.2) is 29.0 Å². The number of aromatic nitrogens is 3. The van der Waals surface area contributed by atoms with E-state index in [2.05, 4.69) is 26.0 Å². The summed E-state index contributed by atoms with van der Waals surface area (Å²) < 4.78 is 6.32. The summed E-state index contributed by atoms with van der Waals surface area (Å²) in [7, 11) is 0. The van der Waals surface area contributed by atoms with Gasteiger partial charge in [-0.25, -0.2) is 14.5 Å². The van der Waals surface area contributed by atoms with Gasteiger partial charge in [-0.2, -0.15) is 5.10 Å². The largest absolute Gasteiger partial charge is 0.461 e. The molecule has 9 heteroatoms. The molecule has 0 radical (unpaired) electrons. The van der Waals surface area contributed by atoms with Gasteiger partial charge >= 0.3 is 11.7 Å². The summed E-state index contributed by atoms with van der Waals surface area (Å²) in [6.07, 6.45) is 1.38. The summed E-state index contributed by atoms with van der Waals surface area (Å²) in [4.78, 5) is 26.2. The van der Waals surface area contributed by atoms with Gasteiger partial charge in [0.15, 0.2) is 5.69 Å². The molecule has 0 aliphatic carbocycles. The molecule has 0 aromatic carbocycles. The summed E-state index contributed by atoms with van der Waals surface area (Å²) in [5, 5.41) is 15.0. The van der Waals surface area contributed by atoms with Crippen molar-refractivity contribution < 1.29 is 14.5 Å². The fourth-order valence-corrected chi connectivity index (χ4v) is 1.93. The average Bonchev–Trinajstić information content (AvgIpc) is 2.81. The molecule has 2 aromatic rings. The second kappa shape index (κ2) is 5.78. The number of carbonyl (C=O) groups is 1. The lowest BCUT2D eigenvalue weighted by molar-refractivity contribution is -0.384. The van der Waals surface area contributed by atoms with E-state index in [0.29, 0.717) is 4.60 Å². The lowest BCUT2D eigenvalue weighted by atomic mass is 10.3. The molecule has 0 saturated heterocycles. The number of pyridine rings is 1. The van der Waals surface area contributed by atoms with E-state index in [0.717, 1.165) is 4.68 Å². The van der Waals surface area contributed by atoms with E-state index in [4.69, 9.17) is 4.74 Å². The maximum atomic E-state index is 11.8. The minimum absolute atomic E-state index is 0.0498. The molecule has 0 bridgehead atoms. The predicted octanol–water partition coefficient (Wildman–Crippen LogP) is 2.11. The molecule has 0 N–H and O–H groups in total. The highest BCUT2D eigenvalue weighted by Crippen LogP contribution is 2.23. The Morgan fingerprint density at radius 1 is 1.60 bits per heavy atom. The van der Waals surface area contributed by atoms with Crippen molar-refractivity contribution in [2.24, 2.45) is 0 Å². The Morgan fingerprint density at radius 2 is 2.35 bits per heavy atom. The number of hydrogen-bond donors (Lipinski definition) is 0.